The highest BCUT2D eigenvalue weighted by Gasteiger charge is 2.19. The van der Waals surface area contributed by atoms with Crippen molar-refractivity contribution in [3.8, 4) is 5.75 Å². The van der Waals surface area contributed by atoms with Crippen LogP contribution in [0, 0.1) is 5.41 Å². The van der Waals surface area contributed by atoms with Crippen molar-refractivity contribution >= 4 is 31.3 Å². The topological polar surface area (TPSA) is 72.5 Å². The van der Waals surface area contributed by atoms with Crippen LogP contribution >= 0.6 is 10.7 Å². The number of anilines is 1. The van der Waals surface area contributed by atoms with Crippen LogP contribution in [0.3, 0.4) is 0 Å². The number of methoxy groups -OCH3 is 1. The number of carbonyl (C=O) groups is 1. The molecule has 7 heteroatoms. The van der Waals surface area contributed by atoms with E-state index in [1.807, 2.05) is 20.8 Å². The number of nitrogens with one attached hydrogen (secondary N) is 1. The third-order valence-corrected chi connectivity index (χ3v) is 3.77. The molecule has 0 spiro atoms. The first kappa shape index (κ1) is 16.8. The maximum Gasteiger partial charge on any atom is 0.261 e. The van der Waals surface area contributed by atoms with Crippen LogP contribution in [0.1, 0.15) is 27.2 Å². The van der Waals surface area contributed by atoms with Crippen LogP contribution in [0.15, 0.2) is 23.1 Å². The molecule has 0 fully saturated rings. The van der Waals surface area contributed by atoms with Crippen LogP contribution in [-0.2, 0) is 13.8 Å². The van der Waals surface area contributed by atoms with Crippen molar-refractivity contribution in [2.75, 3.05) is 12.4 Å². The molecule has 0 unspecified atom stereocenters. The maximum atomic E-state index is 11.9. The average Bonchev–Trinajstić information content (AvgIpc) is 2.24. The SMILES string of the molecule is COc1ccc(S(=O)(=O)Cl)cc1NC(=O)CC(C)(C)C. The largest absolute Gasteiger partial charge is 0.495 e. The molecule has 1 rings (SSSR count). The number of hydrogen-bond acceptors (Lipinski definition) is 4. The van der Waals surface area contributed by atoms with E-state index in [2.05, 4.69) is 5.32 Å². The highest BCUT2D eigenvalue weighted by Crippen LogP contribution is 2.30. The van der Waals surface area contributed by atoms with Gasteiger partial charge < -0.3 is 10.1 Å². The summed E-state index contributed by atoms with van der Waals surface area (Å²) in [6.45, 7) is 5.80. The van der Waals surface area contributed by atoms with Gasteiger partial charge in [0.15, 0.2) is 0 Å². The van der Waals surface area contributed by atoms with Gasteiger partial charge in [0.25, 0.3) is 9.05 Å². The summed E-state index contributed by atoms with van der Waals surface area (Å²) in [4.78, 5) is 11.8. The Labute approximate surface area is 123 Å². The lowest BCUT2D eigenvalue weighted by Gasteiger charge is -2.18. The van der Waals surface area contributed by atoms with Crippen LogP contribution in [-0.4, -0.2) is 21.4 Å². The molecule has 0 saturated heterocycles. The molecule has 0 aliphatic carbocycles. The lowest BCUT2D eigenvalue weighted by Crippen LogP contribution is -2.20. The quantitative estimate of drug-likeness (QED) is 0.866. The van der Waals surface area contributed by atoms with E-state index in [9.17, 15) is 13.2 Å². The summed E-state index contributed by atoms with van der Waals surface area (Å²) in [6, 6.07) is 4.05. The van der Waals surface area contributed by atoms with E-state index in [1.54, 1.807) is 0 Å². The predicted molar refractivity (Wildman–Crippen MR) is 78.7 cm³/mol. The Morgan fingerprint density at radius 3 is 2.40 bits per heavy atom. The first-order valence-electron chi connectivity index (χ1n) is 5.95. The number of amides is 1. The lowest BCUT2D eigenvalue weighted by atomic mass is 9.92. The van der Waals surface area contributed by atoms with Gasteiger partial charge in [-0.15, -0.1) is 0 Å². The van der Waals surface area contributed by atoms with Crippen molar-refractivity contribution in [1.82, 2.24) is 0 Å². The second-order valence-corrected chi connectivity index (χ2v) is 8.15. The predicted octanol–water partition coefficient (Wildman–Crippen LogP) is 3.00. The Morgan fingerprint density at radius 1 is 1.35 bits per heavy atom. The van der Waals surface area contributed by atoms with E-state index in [-0.39, 0.29) is 21.9 Å². The van der Waals surface area contributed by atoms with Gasteiger partial charge in [0, 0.05) is 17.1 Å². The monoisotopic (exact) mass is 319 g/mol. The summed E-state index contributed by atoms with van der Waals surface area (Å²) in [6.07, 6.45) is 0.300. The fourth-order valence-corrected chi connectivity index (χ4v) is 2.39. The minimum atomic E-state index is -3.86. The highest BCUT2D eigenvalue weighted by molar-refractivity contribution is 8.13. The molecule has 5 nitrogen and oxygen atoms in total. The highest BCUT2D eigenvalue weighted by atomic mass is 35.7. The zero-order valence-corrected chi connectivity index (χ0v) is 13.4. The molecular weight excluding hydrogens is 302 g/mol. The lowest BCUT2D eigenvalue weighted by molar-refractivity contribution is -0.117. The standard InChI is InChI=1S/C13H18ClNO4S/c1-13(2,3)8-12(16)15-10-7-9(20(14,17)18)5-6-11(10)19-4/h5-7H,8H2,1-4H3,(H,15,16). The Bertz CT molecular complexity index is 605. The van der Waals surface area contributed by atoms with Gasteiger partial charge in [-0.05, 0) is 23.6 Å². The molecule has 0 radical (unpaired) electrons. The van der Waals surface area contributed by atoms with Crippen molar-refractivity contribution in [2.24, 2.45) is 5.41 Å². The van der Waals surface area contributed by atoms with Gasteiger partial charge in [0.2, 0.25) is 5.91 Å². The van der Waals surface area contributed by atoms with Crippen LogP contribution in [0.5, 0.6) is 5.75 Å². The number of benzene rings is 1. The summed E-state index contributed by atoms with van der Waals surface area (Å²) in [7, 11) is 2.87. The third-order valence-electron chi connectivity index (χ3n) is 2.42. The van der Waals surface area contributed by atoms with Crippen LogP contribution in [0.4, 0.5) is 5.69 Å². The molecule has 112 valence electrons. The smallest absolute Gasteiger partial charge is 0.261 e. The minimum absolute atomic E-state index is 0.0916. The Morgan fingerprint density at radius 2 is 1.95 bits per heavy atom. The summed E-state index contributed by atoms with van der Waals surface area (Å²) < 4.78 is 27.7. The summed E-state index contributed by atoms with van der Waals surface area (Å²) in [5, 5.41) is 2.64. The van der Waals surface area contributed by atoms with Crippen molar-refractivity contribution < 1.29 is 17.9 Å². The zero-order valence-electron chi connectivity index (χ0n) is 11.9. The van der Waals surface area contributed by atoms with E-state index in [0.29, 0.717) is 12.2 Å². The molecule has 0 aromatic heterocycles. The van der Waals surface area contributed by atoms with Gasteiger partial charge in [-0.3, -0.25) is 4.79 Å². The van der Waals surface area contributed by atoms with Gasteiger partial charge in [-0.25, -0.2) is 8.42 Å². The number of ether oxygens (including phenoxy) is 1. The van der Waals surface area contributed by atoms with Gasteiger partial charge in [-0.1, -0.05) is 20.8 Å². The molecule has 0 saturated carbocycles. The Balaban J connectivity index is 3.07. The van der Waals surface area contributed by atoms with Crippen LogP contribution in [0.2, 0.25) is 0 Å². The molecule has 1 amide bonds. The van der Waals surface area contributed by atoms with Gasteiger partial charge >= 0.3 is 0 Å². The maximum absolute atomic E-state index is 11.9. The molecule has 1 N–H and O–H groups in total. The molecule has 20 heavy (non-hydrogen) atoms. The molecule has 0 atom stereocenters. The first-order chi connectivity index (χ1) is 9.03. The normalized spacial score (nSPS) is 12.1. The van der Waals surface area contributed by atoms with Crippen molar-refractivity contribution in [3.63, 3.8) is 0 Å². The number of carbonyl (C=O) groups excluding carboxylic acids is 1. The minimum Gasteiger partial charge on any atom is -0.495 e. The fraction of sp³-hybridized carbons (Fsp3) is 0.462. The molecule has 1 aromatic carbocycles. The van der Waals surface area contributed by atoms with Crippen LogP contribution < -0.4 is 10.1 Å². The van der Waals surface area contributed by atoms with Crippen molar-refractivity contribution in [1.29, 1.82) is 0 Å². The molecule has 0 heterocycles. The number of hydrogen-bond donors (Lipinski definition) is 1. The van der Waals surface area contributed by atoms with Gasteiger partial charge in [0.05, 0.1) is 17.7 Å². The number of rotatable bonds is 4. The van der Waals surface area contributed by atoms with Crippen molar-refractivity contribution in [2.45, 2.75) is 32.1 Å². The van der Waals surface area contributed by atoms with E-state index in [0.717, 1.165) is 0 Å². The average molecular weight is 320 g/mol. The first-order valence-corrected chi connectivity index (χ1v) is 8.26. The Hall–Kier alpha value is -1.27. The molecule has 0 aliphatic rings. The number of halogens is 1. The molecule has 0 bridgehead atoms. The zero-order chi connectivity index (χ0) is 15.6. The van der Waals surface area contributed by atoms with E-state index >= 15 is 0 Å². The third kappa shape index (κ3) is 5.02. The molecule has 0 aliphatic heterocycles. The Kier molecular flexibility index (Phi) is 5.05. The van der Waals surface area contributed by atoms with Gasteiger partial charge in [0.1, 0.15) is 5.75 Å². The van der Waals surface area contributed by atoms with Crippen molar-refractivity contribution in [3.05, 3.63) is 18.2 Å². The van der Waals surface area contributed by atoms with Gasteiger partial charge in [-0.2, -0.15) is 0 Å². The van der Waals surface area contributed by atoms with E-state index in [4.69, 9.17) is 15.4 Å². The summed E-state index contributed by atoms with van der Waals surface area (Å²) >= 11 is 0. The van der Waals surface area contributed by atoms with Crippen LogP contribution in [0.25, 0.3) is 0 Å². The molecule has 1 aromatic rings. The van der Waals surface area contributed by atoms with E-state index in [1.165, 1.54) is 25.3 Å². The second-order valence-electron chi connectivity index (χ2n) is 5.59. The summed E-state index contributed by atoms with van der Waals surface area (Å²) in [5.41, 5.74) is 0.108. The second kappa shape index (κ2) is 6.01. The fourth-order valence-electron chi connectivity index (χ4n) is 1.61. The summed E-state index contributed by atoms with van der Waals surface area (Å²) in [5.74, 6) is 0.149. The van der Waals surface area contributed by atoms with E-state index < -0.39 is 9.05 Å². The molecular formula is C13H18ClNO4S.